The van der Waals surface area contributed by atoms with Crippen LogP contribution < -0.4 is 14.8 Å². The average molecular weight is 263 g/mol. The fraction of sp³-hybridized carbons (Fsp3) is 0.625. The quantitative estimate of drug-likeness (QED) is 0.855. The van der Waals surface area contributed by atoms with E-state index in [0.29, 0.717) is 0 Å². The first-order valence-electron chi connectivity index (χ1n) is 7.25. The minimum atomic E-state index is 0.808. The van der Waals surface area contributed by atoms with Gasteiger partial charge in [-0.15, -0.1) is 0 Å². The van der Waals surface area contributed by atoms with E-state index in [9.17, 15) is 0 Å². The maximum absolute atomic E-state index is 5.34. The van der Waals surface area contributed by atoms with Crippen LogP contribution in [0.4, 0.5) is 0 Å². The Balaban J connectivity index is 1.81. The van der Waals surface area contributed by atoms with E-state index >= 15 is 0 Å². The van der Waals surface area contributed by atoms with Crippen molar-refractivity contribution in [1.29, 1.82) is 0 Å². The van der Waals surface area contributed by atoms with Gasteiger partial charge in [0.15, 0.2) is 11.5 Å². The third-order valence-electron chi connectivity index (χ3n) is 3.92. The molecule has 19 heavy (non-hydrogen) atoms. The molecular weight excluding hydrogens is 238 g/mol. The van der Waals surface area contributed by atoms with Gasteiger partial charge in [-0.25, -0.2) is 0 Å². The Kier molecular flexibility index (Phi) is 5.52. The molecule has 1 fully saturated rings. The van der Waals surface area contributed by atoms with Crippen molar-refractivity contribution < 1.29 is 9.47 Å². The molecule has 0 unspecified atom stereocenters. The van der Waals surface area contributed by atoms with Crippen LogP contribution in [0.5, 0.6) is 11.5 Å². The van der Waals surface area contributed by atoms with Crippen LogP contribution in [0.25, 0.3) is 0 Å². The lowest BCUT2D eigenvalue weighted by atomic mass is 9.93. The summed E-state index contributed by atoms with van der Waals surface area (Å²) in [5.74, 6) is 2.51. The zero-order valence-electron chi connectivity index (χ0n) is 12.1. The molecule has 3 nitrogen and oxygen atoms in total. The minimum absolute atomic E-state index is 0.808. The van der Waals surface area contributed by atoms with Crippen molar-refractivity contribution in [3.63, 3.8) is 0 Å². The smallest absolute Gasteiger partial charge is 0.160 e. The van der Waals surface area contributed by atoms with Crippen molar-refractivity contribution in [2.45, 2.75) is 32.1 Å². The number of piperidine rings is 1. The highest BCUT2D eigenvalue weighted by molar-refractivity contribution is 5.42. The zero-order valence-corrected chi connectivity index (χ0v) is 12.1. The Morgan fingerprint density at radius 2 is 2.05 bits per heavy atom. The number of hydrogen-bond donors (Lipinski definition) is 1. The molecule has 1 aliphatic rings. The largest absolute Gasteiger partial charge is 0.493 e. The van der Waals surface area contributed by atoms with E-state index in [-0.39, 0.29) is 0 Å². The van der Waals surface area contributed by atoms with Gasteiger partial charge in [-0.05, 0) is 68.8 Å². The van der Waals surface area contributed by atoms with Crippen LogP contribution in [0, 0.1) is 5.92 Å². The SMILES string of the molecule is COc1ccc(CCC[C@H]2CCCNC2)cc1OC. The molecule has 1 saturated heterocycles. The lowest BCUT2D eigenvalue weighted by Crippen LogP contribution is -2.29. The fourth-order valence-electron chi connectivity index (χ4n) is 2.80. The van der Waals surface area contributed by atoms with E-state index in [0.717, 1.165) is 23.8 Å². The number of rotatable bonds is 6. The number of nitrogens with one attached hydrogen (secondary N) is 1. The minimum Gasteiger partial charge on any atom is -0.493 e. The zero-order chi connectivity index (χ0) is 13.5. The van der Waals surface area contributed by atoms with Gasteiger partial charge in [-0.1, -0.05) is 6.07 Å². The second kappa shape index (κ2) is 7.39. The second-order valence-electron chi connectivity index (χ2n) is 5.29. The van der Waals surface area contributed by atoms with Gasteiger partial charge in [0.2, 0.25) is 0 Å². The van der Waals surface area contributed by atoms with E-state index in [2.05, 4.69) is 17.4 Å². The van der Waals surface area contributed by atoms with E-state index in [1.807, 2.05) is 6.07 Å². The van der Waals surface area contributed by atoms with Gasteiger partial charge in [0, 0.05) is 0 Å². The summed E-state index contributed by atoms with van der Waals surface area (Å²) in [4.78, 5) is 0. The van der Waals surface area contributed by atoms with Crippen LogP contribution in [0.15, 0.2) is 18.2 Å². The van der Waals surface area contributed by atoms with Crippen LogP contribution in [-0.2, 0) is 6.42 Å². The molecule has 0 bridgehead atoms. The summed E-state index contributed by atoms with van der Waals surface area (Å²) in [5.41, 5.74) is 1.33. The molecular formula is C16H25NO2. The number of aryl methyl sites for hydroxylation is 1. The third kappa shape index (κ3) is 4.13. The van der Waals surface area contributed by atoms with Crippen LogP contribution in [0.2, 0.25) is 0 Å². The summed E-state index contributed by atoms with van der Waals surface area (Å²) in [7, 11) is 3.36. The van der Waals surface area contributed by atoms with Crippen molar-refractivity contribution in [1.82, 2.24) is 5.32 Å². The van der Waals surface area contributed by atoms with Crippen LogP contribution in [-0.4, -0.2) is 27.3 Å². The van der Waals surface area contributed by atoms with Crippen molar-refractivity contribution >= 4 is 0 Å². The summed E-state index contributed by atoms with van der Waals surface area (Å²) < 4.78 is 10.6. The Morgan fingerprint density at radius 1 is 1.21 bits per heavy atom. The molecule has 0 saturated carbocycles. The van der Waals surface area contributed by atoms with Crippen LogP contribution in [0.3, 0.4) is 0 Å². The van der Waals surface area contributed by atoms with E-state index in [4.69, 9.17) is 9.47 Å². The van der Waals surface area contributed by atoms with Gasteiger partial charge in [-0.3, -0.25) is 0 Å². The molecule has 0 aliphatic carbocycles. The first kappa shape index (κ1) is 14.2. The summed E-state index contributed by atoms with van der Waals surface area (Å²) in [6, 6.07) is 6.23. The molecule has 2 rings (SSSR count). The van der Waals surface area contributed by atoms with Gasteiger partial charge in [0.25, 0.3) is 0 Å². The molecule has 1 aromatic rings. The number of methoxy groups -OCH3 is 2. The van der Waals surface area contributed by atoms with E-state index in [1.54, 1.807) is 14.2 Å². The number of ether oxygens (including phenoxy) is 2. The molecule has 3 heteroatoms. The third-order valence-corrected chi connectivity index (χ3v) is 3.92. The first-order valence-corrected chi connectivity index (χ1v) is 7.25. The average Bonchev–Trinajstić information content (AvgIpc) is 2.48. The highest BCUT2D eigenvalue weighted by Gasteiger charge is 2.12. The first-order chi connectivity index (χ1) is 9.33. The van der Waals surface area contributed by atoms with Crippen LogP contribution >= 0.6 is 0 Å². The molecule has 1 heterocycles. The topological polar surface area (TPSA) is 30.5 Å². The molecule has 0 amide bonds. The van der Waals surface area contributed by atoms with Crippen molar-refractivity contribution in [2.24, 2.45) is 5.92 Å². The lowest BCUT2D eigenvalue weighted by Gasteiger charge is -2.22. The van der Waals surface area contributed by atoms with Gasteiger partial charge in [-0.2, -0.15) is 0 Å². The highest BCUT2D eigenvalue weighted by atomic mass is 16.5. The van der Waals surface area contributed by atoms with Gasteiger partial charge >= 0.3 is 0 Å². The Bertz CT molecular complexity index is 386. The van der Waals surface area contributed by atoms with Crippen LogP contribution in [0.1, 0.15) is 31.2 Å². The van der Waals surface area contributed by atoms with E-state index < -0.39 is 0 Å². The normalized spacial score (nSPS) is 19.2. The Morgan fingerprint density at radius 3 is 2.74 bits per heavy atom. The standard InChI is InChI=1S/C16H25NO2/c1-18-15-9-8-13(11-16(15)19-2)5-3-6-14-7-4-10-17-12-14/h8-9,11,14,17H,3-7,10,12H2,1-2H3/t14-/m0/s1. The molecule has 1 atom stereocenters. The van der Waals surface area contributed by atoms with Gasteiger partial charge in [0.05, 0.1) is 14.2 Å². The molecule has 1 N–H and O–H groups in total. The van der Waals surface area contributed by atoms with Crippen molar-refractivity contribution in [3.8, 4) is 11.5 Å². The van der Waals surface area contributed by atoms with Crippen molar-refractivity contribution in [2.75, 3.05) is 27.3 Å². The molecule has 0 spiro atoms. The summed E-state index contributed by atoms with van der Waals surface area (Å²) in [5, 5.41) is 3.48. The maximum Gasteiger partial charge on any atom is 0.160 e. The summed E-state index contributed by atoms with van der Waals surface area (Å²) in [6.07, 6.45) is 6.42. The monoisotopic (exact) mass is 263 g/mol. The van der Waals surface area contributed by atoms with Gasteiger partial charge in [0.1, 0.15) is 0 Å². The number of benzene rings is 1. The molecule has 0 aromatic heterocycles. The number of hydrogen-bond acceptors (Lipinski definition) is 3. The lowest BCUT2D eigenvalue weighted by molar-refractivity contribution is 0.349. The van der Waals surface area contributed by atoms with Crippen molar-refractivity contribution in [3.05, 3.63) is 23.8 Å². The molecule has 1 aliphatic heterocycles. The second-order valence-corrected chi connectivity index (χ2v) is 5.29. The van der Waals surface area contributed by atoms with Gasteiger partial charge < -0.3 is 14.8 Å². The fourth-order valence-corrected chi connectivity index (χ4v) is 2.80. The Labute approximate surface area is 116 Å². The maximum atomic E-state index is 5.34. The molecule has 0 radical (unpaired) electrons. The Hall–Kier alpha value is -1.22. The molecule has 106 valence electrons. The predicted molar refractivity (Wildman–Crippen MR) is 78.1 cm³/mol. The summed E-state index contributed by atoms with van der Waals surface area (Å²) in [6.45, 7) is 2.40. The highest BCUT2D eigenvalue weighted by Crippen LogP contribution is 2.28. The molecule has 1 aromatic carbocycles. The predicted octanol–water partition coefficient (Wildman–Crippen LogP) is 3.03. The summed E-state index contributed by atoms with van der Waals surface area (Å²) >= 11 is 0. The van der Waals surface area contributed by atoms with E-state index in [1.165, 1.54) is 44.3 Å².